The fraction of sp³-hybridized carbons (Fsp3) is 0.500. The lowest BCUT2D eigenvalue weighted by atomic mass is 10.1. The number of carbonyl (C=O) groups excluding carboxylic acids is 1. The van der Waals surface area contributed by atoms with Crippen molar-refractivity contribution in [3.05, 3.63) is 12.1 Å². The zero-order valence-corrected chi connectivity index (χ0v) is 12.6. The molecule has 1 aromatic carbocycles. The van der Waals surface area contributed by atoms with Crippen LogP contribution in [0.1, 0.15) is 6.92 Å². The van der Waals surface area contributed by atoms with Crippen molar-refractivity contribution in [2.75, 3.05) is 40.2 Å². The van der Waals surface area contributed by atoms with Crippen LogP contribution in [-0.2, 0) is 4.79 Å². The minimum absolute atomic E-state index is 0.0927. The number of hydrogen-bond acceptors (Lipinski definition) is 5. The molecule has 0 aliphatic carbocycles. The zero-order valence-electron chi connectivity index (χ0n) is 12.6. The molecule has 2 N–H and O–H groups in total. The molecule has 0 saturated carbocycles. The van der Waals surface area contributed by atoms with Crippen LogP contribution >= 0.6 is 0 Å². The lowest BCUT2D eigenvalue weighted by Gasteiger charge is -2.16. The predicted molar refractivity (Wildman–Crippen MR) is 77.8 cm³/mol. The van der Waals surface area contributed by atoms with Gasteiger partial charge in [-0.15, -0.1) is 0 Å². The summed E-state index contributed by atoms with van der Waals surface area (Å²) >= 11 is 0. The molecule has 112 valence electrons. The smallest absolute Gasteiger partial charge is 0.228 e. The molecule has 20 heavy (non-hydrogen) atoms. The molecular formula is C14H22N2O4. The number of nitrogens with one attached hydrogen (secondary N) is 2. The molecule has 1 atom stereocenters. The van der Waals surface area contributed by atoms with Crippen LogP contribution in [0.4, 0.5) is 5.69 Å². The molecule has 0 aliphatic rings. The number of benzene rings is 1. The van der Waals surface area contributed by atoms with Crippen LogP contribution in [0.25, 0.3) is 0 Å². The van der Waals surface area contributed by atoms with Gasteiger partial charge in [-0.05, 0) is 7.05 Å². The predicted octanol–water partition coefficient (Wildman–Crippen LogP) is 1.51. The number of hydrogen-bond donors (Lipinski definition) is 2. The van der Waals surface area contributed by atoms with Gasteiger partial charge in [-0.3, -0.25) is 4.79 Å². The molecule has 1 aromatic rings. The summed E-state index contributed by atoms with van der Waals surface area (Å²) in [5.41, 5.74) is 0.554. The molecule has 0 bridgehead atoms. The van der Waals surface area contributed by atoms with Gasteiger partial charge in [-0.2, -0.15) is 0 Å². The molecule has 0 aliphatic heterocycles. The summed E-state index contributed by atoms with van der Waals surface area (Å²) in [6.45, 7) is 2.44. The SMILES string of the molecule is CNCC(C)C(=O)Nc1cc(OC)c(OC)cc1OC. The number of ether oxygens (including phenoxy) is 3. The number of methoxy groups -OCH3 is 3. The van der Waals surface area contributed by atoms with E-state index in [9.17, 15) is 4.79 Å². The Labute approximate surface area is 119 Å². The Morgan fingerprint density at radius 2 is 1.65 bits per heavy atom. The average Bonchev–Trinajstić information content (AvgIpc) is 2.46. The second kappa shape index (κ2) is 7.59. The third-order valence-corrected chi connectivity index (χ3v) is 2.92. The van der Waals surface area contributed by atoms with E-state index in [1.165, 1.54) is 7.11 Å². The van der Waals surface area contributed by atoms with Gasteiger partial charge in [-0.25, -0.2) is 0 Å². The van der Waals surface area contributed by atoms with E-state index in [2.05, 4.69) is 10.6 Å². The molecule has 0 fully saturated rings. The fourth-order valence-electron chi connectivity index (χ4n) is 1.78. The van der Waals surface area contributed by atoms with E-state index in [1.54, 1.807) is 33.4 Å². The van der Waals surface area contributed by atoms with E-state index < -0.39 is 0 Å². The summed E-state index contributed by atoms with van der Waals surface area (Å²) in [5.74, 6) is 1.35. The van der Waals surface area contributed by atoms with Crippen molar-refractivity contribution in [2.24, 2.45) is 5.92 Å². The van der Waals surface area contributed by atoms with Gasteiger partial charge in [0, 0.05) is 24.6 Å². The second-order valence-electron chi connectivity index (χ2n) is 4.36. The topological polar surface area (TPSA) is 68.8 Å². The third kappa shape index (κ3) is 3.77. The maximum Gasteiger partial charge on any atom is 0.228 e. The maximum atomic E-state index is 12.0. The van der Waals surface area contributed by atoms with Crippen molar-refractivity contribution >= 4 is 11.6 Å². The first kappa shape index (κ1) is 16.1. The van der Waals surface area contributed by atoms with Crippen molar-refractivity contribution in [3.63, 3.8) is 0 Å². The largest absolute Gasteiger partial charge is 0.494 e. The summed E-state index contributed by atoms with van der Waals surface area (Å²) in [5, 5.41) is 5.80. The van der Waals surface area contributed by atoms with Gasteiger partial charge in [0.1, 0.15) is 5.75 Å². The Kier molecular flexibility index (Phi) is 6.11. The van der Waals surface area contributed by atoms with Crippen LogP contribution in [0, 0.1) is 5.92 Å². The Hall–Kier alpha value is -1.95. The van der Waals surface area contributed by atoms with Gasteiger partial charge in [0.05, 0.1) is 27.0 Å². The first-order valence-corrected chi connectivity index (χ1v) is 6.32. The second-order valence-corrected chi connectivity index (χ2v) is 4.36. The van der Waals surface area contributed by atoms with E-state index in [4.69, 9.17) is 14.2 Å². The Morgan fingerprint density at radius 1 is 1.10 bits per heavy atom. The van der Waals surface area contributed by atoms with Crippen LogP contribution in [0.5, 0.6) is 17.2 Å². The first-order chi connectivity index (χ1) is 9.57. The molecule has 6 nitrogen and oxygen atoms in total. The molecule has 6 heteroatoms. The molecule has 0 heterocycles. The lowest BCUT2D eigenvalue weighted by molar-refractivity contribution is -0.119. The van der Waals surface area contributed by atoms with Crippen molar-refractivity contribution in [2.45, 2.75) is 6.92 Å². The monoisotopic (exact) mass is 282 g/mol. The first-order valence-electron chi connectivity index (χ1n) is 6.32. The number of amides is 1. The molecule has 0 spiro atoms. The molecule has 0 radical (unpaired) electrons. The van der Waals surface area contributed by atoms with Gasteiger partial charge in [0.2, 0.25) is 5.91 Å². The normalized spacial score (nSPS) is 11.7. The van der Waals surface area contributed by atoms with Crippen LogP contribution in [0.2, 0.25) is 0 Å². The number of anilines is 1. The molecule has 0 saturated heterocycles. The molecule has 0 aromatic heterocycles. The number of carbonyl (C=O) groups is 1. The lowest BCUT2D eigenvalue weighted by Crippen LogP contribution is -2.28. The Morgan fingerprint density at radius 3 is 2.15 bits per heavy atom. The summed E-state index contributed by atoms with van der Waals surface area (Å²) in [6, 6.07) is 3.36. The molecule has 1 unspecified atom stereocenters. The highest BCUT2D eigenvalue weighted by Gasteiger charge is 2.17. The van der Waals surface area contributed by atoms with E-state index in [0.29, 0.717) is 29.5 Å². The van der Waals surface area contributed by atoms with Crippen LogP contribution < -0.4 is 24.8 Å². The summed E-state index contributed by atoms with van der Waals surface area (Å²) < 4.78 is 15.7. The molecule has 1 amide bonds. The Balaban J connectivity index is 3.01. The summed E-state index contributed by atoms with van der Waals surface area (Å²) in [6.07, 6.45) is 0. The quantitative estimate of drug-likeness (QED) is 0.793. The van der Waals surface area contributed by atoms with Crippen molar-refractivity contribution in [1.82, 2.24) is 5.32 Å². The molecule has 1 rings (SSSR count). The van der Waals surface area contributed by atoms with Gasteiger partial charge in [0.25, 0.3) is 0 Å². The van der Waals surface area contributed by atoms with Gasteiger partial charge < -0.3 is 24.8 Å². The highest BCUT2D eigenvalue weighted by molar-refractivity contribution is 5.94. The maximum absolute atomic E-state index is 12.0. The van der Waals surface area contributed by atoms with Crippen LogP contribution in [0.15, 0.2) is 12.1 Å². The number of rotatable bonds is 7. The van der Waals surface area contributed by atoms with Gasteiger partial charge in [0.15, 0.2) is 11.5 Å². The Bertz CT molecular complexity index is 463. The van der Waals surface area contributed by atoms with Crippen LogP contribution in [-0.4, -0.2) is 40.8 Å². The average molecular weight is 282 g/mol. The van der Waals surface area contributed by atoms with E-state index in [1.807, 2.05) is 6.92 Å². The molecular weight excluding hydrogens is 260 g/mol. The van der Waals surface area contributed by atoms with E-state index >= 15 is 0 Å². The highest BCUT2D eigenvalue weighted by Crippen LogP contribution is 2.37. The summed E-state index contributed by atoms with van der Waals surface area (Å²) in [4.78, 5) is 12.0. The van der Waals surface area contributed by atoms with Crippen molar-refractivity contribution in [3.8, 4) is 17.2 Å². The van der Waals surface area contributed by atoms with Crippen LogP contribution in [0.3, 0.4) is 0 Å². The van der Waals surface area contributed by atoms with Gasteiger partial charge in [-0.1, -0.05) is 6.92 Å². The standard InChI is InChI=1S/C14H22N2O4/c1-9(8-15-2)14(17)16-10-6-12(19-4)13(20-5)7-11(10)18-3/h6-7,9,15H,8H2,1-5H3,(H,16,17). The minimum atomic E-state index is -0.155. The minimum Gasteiger partial charge on any atom is -0.494 e. The van der Waals surface area contributed by atoms with E-state index in [0.717, 1.165) is 0 Å². The van der Waals surface area contributed by atoms with Gasteiger partial charge >= 0.3 is 0 Å². The van der Waals surface area contributed by atoms with Crippen molar-refractivity contribution < 1.29 is 19.0 Å². The third-order valence-electron chi connectivity index (χ3n) is 2.92. The highest BCUT2D eigenvalue weighted by atomic mass is 16.5. The summed E-state index contributed by atoms with van der Waals surface area (Å²) in [7, 11) is 6.43. The van der Waals surface area contributed by atoms with E-state index in [-0.39, 0.29) is 11.8 Å². The zero-order chi connectivity index (χ0) is 15.1. The van der Waals surface area contributed by atoms with Crippen molar-refractivity contribution in [1.29, 1.82) is 0 Å². The fourth-order valence-corrected chi connectivity index (χ4v) is 1.78.